The average molecular weight is 394 g/mol. The van der Waals surface area contributed by atoms with Gasteiger partial charge in [0.15, 0.2) is 5.82 Å². The number of carbonyl (C=O) groups excluding carboxylic acids is 3. The summed E-state index contributed by atoms with van der Waals surface area (Å²) in [5.41, 5.74) is 9.24. The van der Waals surface area contributed by atoms with E-state index in [4.69, 9.17) is 5.73 Å². The van der Waals surface area contributed by atoms with Crippen molar-refractivity contribution in [1.82, 2.24) is 20.0 Å². The number of benzene rings is 1. The van der Waals surface area contributed by atoms with Gasteiger partial charge in [-0.25, -0.2) is 4.68 Å². The molecule has 5 rings (SSSR count). The zero-order valence-electron chi connectivity index (χ0n) is 15.9. The van der Waals surface area contributed by atoms with Crippen LogP contribution in [0, 0.1) is 0 Å². The number of imide groups is 1. The summed E-state index contributed by atoms with van der Waals surface area (Å²) >= 11 is 0. The minimum Gasteiger partial charge on any atom is -0.394 e. The molecule has 2 aromatic rings. The zero-order chi connectivity index (χ0) is 20.1. The number of aryl methyl sites for hydroxylation is 1. The predicted molar refractivity (Wildman–Crippen MR) is 105 cm³/mol. The second-order valence-corrected chi connectivity index (χ2v) is 7.77. The van der Waals surface area contributed by atoms with Crippen molar-refractivity contribution in [3.8, 4) is 0 Å². The van der Waals surface area contributed by atoms with Gasteiger partial charge in [-0.3, -0.25) is 19.7 Å². The summed E-state index contributed by atoms with van der Waals surface area (Å²) in [6.07, 6.45) is 3.24. The van der Waals surface area contributed by atoms with Gasteiger partial charge in [-0.2, -0.15) is 5.10 Å². The van der Waals surface area contributed by atoms with Crippen molar-refractivity contribution in [2.45, 2.75) is 44.9 Å². The first kappa shape index (κ1) is 17.7. The van der Waals surface area contributed by atoms with Gasteiger partial charge >= 0.3 is 0 Å². The van der Waals surface area contributed by atoms with Gasteiger partial charge in [0.1, 0.15) is 6.04 Å². The summed E-state index contributed by atoms with van der Waals surface area (Å²) in [7, 11) is 0. The number of nitrogens with one attached hydrogen (secondary N) is 1. The highest BCUT2D eigenvalue weighted by Gasteiger charge is 2.40. The Hall–Kier alpha value is -3.36. The number of aromatic nitrogens is 2. The van der Waals surface area contributed by atoms with Crippen molar-refractivity contribution in [3.05, 3.63) is 41.1 Å². The van der Waals surface area contributed by atoms with Gasteiger partial charge in [0.2, 0.25) is 11.8 Å². The number of amides is 3. The molecule has 1 aromatic heterocycles. The normalized spacial score (nSPS) is 21.2. The first-order chi connectivity index (χ1) is 14.0. The second kappa shape index (κ2) is 6.61. The molecular weight excluding hydrogens is 372 g/mol. The third-order valence-electron chi connectivity index (χ3n) is 5.94. The second-order valence-electron chi connectivity index (χ2n) is 7.77. The molecule has 3 aliphatic heterocycles. The van der Waals surface area contributed by atoms with Crippen LogP contribution in [-0.4, -0.2) is 45.0 Å². The highest BCUT2D eigenvalue weighted by atomic mass is 16.2. The number of rotatable bonds is 3. The van der Waals surface area contributed by atoms with Gasteiger partial charge in [0, 0.05) is 38.2 Å². The van der Waals surface area contributed by atoms with E-state index in [-0.39, 0.29) is 18.2 Å². The van der Waals surface area contributed by atoms with Crippen LogP contribution in [0.3, 0.4) is 0 Å². The minimum absolute atomic E-state index is 0.149. The van der Waals surface area contributed by atoms with Crippen LogP contribution in [0.15, 0.2) is 24.4 Å². The lowest BCUT2D eigenvalue weighted by Gasteiger charge is -2.31. The van der Waals surface area contributed by atoms with Crippen LogP contribution in [0.1, 0.15) is 40.7 Å². The molecule has 0 spiro atoms. The summed E-state index contributed by atoms with van der Waals surface area (Å²) in [5.74, 6) is 0.0666. The van der Waals surface area contributed by atoms with Gasteiger partial charge < -0.3 is 15.5 Å². The Labute approximate surface area is 167 Å². The van der Waals surface area contributed by atoms with E-state index in [0.717, 1.165) is 36.5 Å². The number of piperidine rings is 1. The molecule has 0 bridgehead atoms. The van der Waals surface area contributed by atoms with Gasteiger partial charge in [-0.15, -0.1) is 0 Å². The predicted octanol–water partition coefficient (Wildman–Crippen LogP) is 0.637. The molecule has 3 N–H and O–H groups in total. The first-order valence-electron chi connectivity index (χ1n) is 9.84. The topological polar surface area (TPSA) is 114 Å². The quantitative estimate of drug-likeness (QED) is 0.739. The molecule has 150 valence electrons. The maximum absolute atomic E-state index is 13.2. The Morgan fingerprint density at radius 2 is 2.07 bits per heavy atom. The number of fused-ring (bicyclic) bond motifs is 2. The number of hydrogen-bond donors (Lipinski definition) is 2. The van der Waals surface area contributed by atoms with Gasteiger partial charge in [0.25, 0.3) is 5.91 Å². The van der Waals surface area contributed by atoms with Crippen molar-refractivity contribution in [2.75, 3.05) is 17.2 Å². The Kier molecular flexibility index (Phi) is 4.04. The number of hydrogen-bond acceptors (Lipinski definition) is 6. The molecule has 1 atom stereocenters. The average Bonchev–Trinajstić information content (AvgIpc) is 3.24. The fourth-order valence-electron chi connectivity index (χ4n) is 4.60. The largest absolute Gasteiger partial charge is 0.394 e. The number of carbonyl (C=O) groups is 3. The molecule has 4 heterocycles. The summed E-state index contributed by atoms with van der Waals surface area (Å²) in [6.45, 7) is 2.60. The molecule has 9 nitrogen and oxygen atoms in total. The zero-order valence-corrected chi connectivity index (χ0v) is 15.9. The smallest absolute Gasteiger partial charge is 0.255 e. The van der Waals surface area contributed by atoms with Crippen LogP contribution in [-0.2, 0) is 29.2 Å². The molecule has 9 heteroatoms. The molecule has 0 saturated carbocycles. The van der Waals surface area contributed by atoms with E-state index in [1.807, 2.05) is 22.9 Å². The highest BCUT2D eigenvalue weighted by Crippen LogP contribution is 2.33. The monoisotopic (exact) mass is 394 g/mol. The van der Waals surface area contributed by atoms with Gasteiger partial charge in [0.05, 0.1) is 11.9 Å². The van der Waals surface area contributed by atoms with E-state index in [9.17, 15) is 14.4 Å². The Bertz CT molecular complexity index is 1030. The Morgan fingerprint density at radius 1 is 1.21 bits per heavy atom. The molecule has 29 heavy (non-hydrogen) atoms. The number of nitrogens with two attached hydrogens (primary N) is 1. The van der Waals surface area contributed by atoms with E-state index < -0.39 is 11.9 Å². The molecule has 0 radical (unpaired) electrons. The fraction of sp³-hybridized carbons (Fsp3) is 0.400. The van der Waals surface area contributed by atoms with E-state index in [0.29, 0.717) is 30.8 Å². The van der Waals surface area contributed by atoms with Crippen molar-refractivity contribution in [2.24, 2.45) is 0 Å². The van der Waals surface area contributed by atoms with Crippen LogP contribution in [0.4, 0.5) is 11.5 Å². The van der Waals surface area contributed by atoms with Crippen molar-refractivity contribution in [3.63, 3.8) is 0 Å². The van der Waals surface area contributed by atoms with E-state index in [1.165, 1.54) is 0 Å². The van der Waals surface area contributed by atoms with Crippen LogP contribution < -0.4 is 16.0 Å². The lowest BCUT2D eigenvalue weighted by atomic mass is 10.0. The van der Waals surface area contributed by atoms with E-state index >= 15 is 0 Å². The van der Waals surface area contributed by atoms with Crippen LogP contribution in [0.25, 0.3) is 0 Å². The van der Waals surface area contributed by atoms with Gasteiger partial charge in [-0.1, -0.05) is 18.2 Å². The molecule has 1 saturated heterocycles. The highest BCUT2D eigenvalue weighted by molar-refractivity contribution is 6.06. The summed E-state index contributed by atoms with van der Waals surface area (Å²) in [6, 6.07) is 5.22. The lowest BCUT2D eigenvalue weighted by molar-refractivity contribution is -0.136. The Balaban J connectivity index is 1.43. The maximum Gasteiger partial charge on any atom is 0.255 e. The summed E-state index contributed by atoms with van der Waals surface area (Å²) in [5, 5.41) is 6.67. The minimum atomic E-state index is -0.604. The molecule has 3 aliphatic rings. The van der Waals surface area contributed by atoms with E-state index in [1.54, 1.807) is 11.1 Å². The number of anilines is 2. The lowest BCUT2D eigenvalue weighted by Crippen LogP contribution is -2.52. The van der Waals surface area contributed by atoms with Crippen LogP contribution in [0.5, 0.6) is 0 Å². The fourth-order valence-corrected chi connectivity index (χ4v) is 4.60. The number of nitrogen functional groups attached to an aromatic ring is 1. The molecule has 1 unspecified atom stereocenters. The van der Waals surface area contributed by atoms with Crippen molar-refractivity contribution < 1.29 is 14.4 Å². The number of nitrogens with zero attached hydrogens (tertiary/aromatic N) is 4. The maximum atomic E-state index is 13.2. The SMILES string of the molecule is Nc1cnn2c1N(Cc1cccc3c1C(=O)N(C1CCC(=O)NC1=O)C3)CCC2. The standard InChI is InChI=1S/C20H22N6O3/c21-14-9-22-26-8-2-7-24(19(14)26)10-12-3-1-4-13-11-25(20(29)17(12)13)15-5-6-16(27)23-18(15)28/h1,3-4,9,15H,2,5-8,10-11,21H2,(H,23,27,28). The Morgan fingerprint density at radius 3 is 2.90 bits per heavy atom. The molecular formula is C20H22N6O3. The summed E-state index contributed by atoms with van der Waals surface area (Å²) in [4.78, 5) is 40.7. The first-order valence-corrected chi connectivity index (χ1v) is 9.84. The molecule has 1 fully saturated rings. The third-order valence-corrected chi connectivity index (χ3v) is 5.94. The summed E-state index contributed by atoms with van der Waals surface area (Å²) < 4.78 is 1.90. The van der Waals surface area contributed by atoms with Gasteiger partial charge in [-0.05, 0) is 24.0 Å². The van der Waals surface area contributed by atoms with Crippen LogP contribution in [0.2, 0.25) is 0 Å². The van der Waals surface area contributed by atoms with Crippen LogP contribution >= 0.6 is 0 Å². The van der Waals surface area contributed by atoms with Crippen molar-refractivity contribution in [1.29, 1.82) is 0 Å². The van der Waals surface area contributed by atoms with E-state index in [2.05, 4.69) is 15.3 Å². The van der Waals surface area contributed by atoms with Crippen molar-refractivity contribution >= 4 is 29.2 Å². The molecule has 3 amide bonds. The third kappa shape index (κ3) is 2.84. The molecule has 1 aromatic carbocycles. The molecule has 0 aliphatic carbocycles.